The Bertz CT molecular complexity index is 276. The first-order valence-corrected chi connectivity index (χ1v) is 8.33. The molecule has 0 amide bonds. The quantitative estimate of drug-likeness (QED) is 0.619. The highest BCUT2D eigenvalue weighted by Gasteiger charge is 2.21. The maximum atomic E-state index is 6.10. The van der Waals surface area contributed by atoms with E-state index in [2.05, 4.69) is 21.7 Å². The molecule has 0 aromatic rings. The average Bonchev–Trinajstić information content (AvgIpc) is 2.46. The van der Waals surface area contributed by atoms with E-state index in [1.165, 1.54) is 37.3 Å². The Balaban J connectivity index is 1.83. The number of guanidine groups is 1. The molecule has 18 heavy (non-hydrogen) atoms. The van der Waals surface area contributed by atoms with Gasteiger partial charge in [-0.05, 0) is 25.9 Å². The van der Waals surface area contributed by atoms with Gasteiger partial charge in [-0.25, -0.2) is 0 Å². The Kier molecular flexibility index (Phi) is 5.63. The van der Waals surface area contributed by atoms with E-state index in [0.29, 0.717) is 6.04 Å². The minimum absolute atomic E-state index is 0.612. The van der Waals surface area contributed by atoms with Crippen LogP contribution >= 0.6 is 11.8 Å². The van der Waals surface area contributed by atoms with Crippen molar-refractivity contribution in [2.24, 2.45) is 10.7 Å². The van der Waals surface area contributed by atoms with Crippen LogP contribution in [0.5, 0.6) is 0 Å². The van der Waals surface area contributed by atoms with Crippen molar-refractivity contribution in [2.45, 2.75) is 32.2 Å². The molecule has 2 fully saturated rings. The SMILES string of the molecule is CCN1CCCCC1CN=C(N)N1CCSCC1. The van der Waals surface area contributed by atoms with Crippen molar-refractivity contribution in [2.75, 3.05) is 44.2 Å². The average molecular weight is 270 g/mol. The van der Waals surface area contributed by atoms with Gasteiger partial charge in [0, 0.05) is 30.6 Å². The molecule has 104 valence electrons. The second-order valence-corrected chi connectivity index (χ2v) is 6.30. The molecule has 0 saturated carbocycles. The van der Waals surface area contributed by atoms with E-state index in [1.54, 1.807) is 0 Å². The summed E-state index contributed by atoms with van der Waals surface area (Å²) in [6.07, 6.45) is 3.96. The van der Waals surface area contributed by atoms with E-state index in [9.17, 15) is 0 Å². The molecule has 2 aliphatic heterocycles. The molecular weight excluding hydrogens is 244 g/mol. The molecule has 1 atom stereocenters. The first-order valence-electron chi connectivity index (χ1n) is 7.18. The third-order valence-electron chi connectivity index (χ3n) is 3.95. The van der Waals surface area contributed by atoms with Gasteiger partial charge in [-0.1, -0.05) is 13.3 Å². The van der Waals surface area contributed by atoms with Gasteiger partial charge in [0.1, 0.15) is 0 Å². The number of thioether (sulfide) groups is 1. The van der Waals surface area contributed by atoms with Gasteiger partial charge < -0.3 is 10.6 Å². The van der Waals surface area contributed by atoms with Crippen LogP contribution in [-0.2, 0) is 0 Å². The van der Waals surface area contributed by atoms with E-state index < -0.39 is 0 Å². The second kappa shape index (κ2) is 7.24. The maximum Gasteiger partial charge on any atom is 0.191 e. The summed E-state index contributed by atoms with van der Waals surface area (Å²) in [5, 5.41) is 0. The van der Waals surface area contributed by atoms with Crippen LogP contribution in [0.25, 0.3) is 0 Å². The van der Waals surface area contributed by atoms with Gasteiger partial charge in [0.05, 0.1) is 6.54 Å². The largest absolute Gasteiger partial charge is 0.370 e. The molecule has 5 heteroatoms. The van der Waals surface area contributed by atoms with Crippen molar-refractivity contribution in [1.29, 1.82) is 0 Å². The third-order valence-corrected chi connectivity index (χ3v) is 4.90. The molecule has 2 saturated heterocycles. The van der Waals surface area contributed by atoms with Gasteiger partial charge in [-0.3, -0.25) is 9.89 Å². The van der Waals surface area contributed by atoms with E-state index in [1.807, 2.05) is 11.8 Å². The van der Waals surface area contributed by atoms with Crippen molar-refractivity contribution in [3.63, 3.8) is 0 Å². The number of aliphatic imine (C=N–C) groups is 1. The summed E-state index contributed by atoms with van der Waals surface area (Å²) in [5.41, 5.74) is 6.10. The van der Waals surface area contributed by atoms with Crippen LogP contribution < -0.4 is 5.73 Å². The first kappa shape index (κ1) is 14.0. The lowest BCUT2D eigenvalue weighted by Crippen LogP contribution is -2.45. The first-order chi connectivity index (χ1) is 8.81. The van der Waals surface area contributed by atoms with E-state index >= 15 is 0 Å². The van der Waals surface area contributed by atoms with Gasteiger partial charge in [0.2, 0.25) is 0 Å². The van der Waals surface area contributed by atoms with Gasteiger partial charge in [-0.2, -0.15) is 11.8 Å². The van der Waals surface area contributed by atoms with E-state index in [-0.39, 0.29) is 0 Å². The number of nitrogens with zero attached hydrogens (tertiary/aromatic N) is 3. The summed E-state index contributed by atoms with van der Waals surface area (Å²) < 4.78 is 0. The standard InChI is InChI=1S/C13H26N4S/c1-2-16-6-4-3-5-12(16)11-15-13(14)17-7-9-18-10-8-17/h12H,2-11H2,1H3,(H2,14,15). The summed E-state index contributed by atoms with van der Waals surface area (Å²) >= 11 is 2.01. The van der Waals surface area contributed by atoms with Gasteiger partial charge in [-0.15, -0.1) is 0 Å². The molecule has 2 N–H and O–H groups in total. The lowest BCUT2D eigenvalue weighted by molar-refractivity contribution is 0.161. The zero-order valence-electron chi connectivity index (χ0n) is 11.5. The van der Waals surface area contributed by atoms with Crippen LogP contribution in [0, 0.1) is 0 Å². The number of hydrogen-bond donors (Lipinski definition) is 1. The molecule has 0 radical (unpaired) electrons. The van der Waals surface area contributed by atoms with Crippen LogP contribution in [0.4, 0.5) is 0 Å². The van der Waals surface area contributed by atoms with Gasteiger partial charge in [0.25, 0.3) is 0 Å². The van der Waals surface area contributed by atoms with E-state index in [4.69, 9.17) is 5.73 Å². The van der Waals surface area contributed by atoms with Crippen LogP contribution in [0.2, 0.25) is 0 Å². The fourth-order valence-electron chi connectivity index (χ4n) is 2.77. The number of likely N-dealkylation sites (tertiary alicyclic amines) is 1. The topological polar surface area (TPSA) is 44.9 Å². The fourth-order valence-corrected chi connectivity index (χ4v) is 3.68. The molecular formula is C13H26N4S. The Morgan fingerprint density at radius 2 is 2.06 bits per heavy atom. The Labute approximate surface area is 115 Å². The van der Waals surface area contributed by atoms with Crippen molar-refractivity contribution < 1.29 is 0 Å². The zero-order chi connectivity index (χ0) is 12.8. The predicted octanol–water partition coefficient (Wildman–Crippen LogP) is 1.22. The normalized spacial score (nSPS) is 27.5. The van der Waals surface area contributed by atoms with E-state index in [0.717, 1.165) is 32.1 Å². The van der Waals surface area contributed by atoms with Crippen LogP contribution in [0.15, 0.2) is 4.99 Å². The number of hydrogen-bond acceptors (Lipinski definition) is 3. The molecule has 2 aliphatic rings. The smallest absolute Gasteiger partial charge is 0.191 e. The van der Waals surface area contributed by atoms with Crippen molar-refractivity contribution >= 4 is 17.7 Å². The molecule has 0 spiro atoms. The highest BCUT2D eigenvalue weighted by atomic mass is 32.2. The van der Waals surface area contributed by atoms with Gasteiger partial charge in [0.15, 0.2) is 5.96 Å². The summed E-state index contributed by atoms with van der Waals surface area (Å²) in [6.45, 7) is 7.61. The fraction of sp³-hybridized carbons (Fsp3) is 0.923. The second-order valence-electron chi connectivity index (χ2n) is 5.08. The third kappa shape index (κ3) is 3.79. The number of piperidine rings is 1. The Morgan fingerprint density at radius 1 is 1.28 bits per heavy atom. The zero-order valence-corrected chi connectivity index (χ0v) is 12.3. The lowest BCUT2D eigenvalue weighted by Gasteiger charge is -2.34. The molecule has 1 unspecified atom stereocenters. The van der Waals surface area contributed by atoms with Crippen LogP contribution in [0.1, 0.15) is 26.2 Å². The summed E-state index contributed by atoms with van der Waals surface area (Å²) in [7, 11) is 0. The molecule has 2 heterocycles. The Morgan fingerprint density at radius 3 is 2.78 bits per heavy atom. The number of likely N-dealkylation sites (N-methyl/N-ethyl adjacent to an activating group) is 1. The van der Waals surface area contributed by atoms with Crippen molar-refractivity contribution in [1.82, 2.24) is 9.80 Å². The summed E-state index contributed by atoms with van der Waals surface area (Å²) in [5.74, 6) is 3.12. The highest BCUT2D eigenvalue weighted by molar-refractivity contribution is 7.99. The molecule has 4 nitrogen and oxygen atoms in total. The lowest BCUT2D eigenvalue weighted by atomic mass is 10.0. The Hall–Kier alpha value is -0.420. The molecule has 0 bridgehead atoms. The monoisotopic (exact) mass is 270 g/mol. The summed E-state index contributed by atoms with van der Waals surface area (Å²) in [4.78, 5) is 9.42. The van der Waals surface area contributed by atoms with Crippen molar-refractivity contribution in [3.05, 3.63) is 0 Å². The molecule has 0 aromatic carbocycles. The minimum atomic E-state index is 0.612. The molecule has 0 aliphatic carbocycles. The van der Waals surface area contributed by atoms with Crippen molar-refractivity contribution in [3.8, 4) is 0 Å². The predicted molar refractivity (Wildman–Crippen MR) is 80.3 cm³/mol. The van der Waals surface area contributed by atoms with Gasteiger partial charge >= 0.3 is 0 Å². The molecule has 2 rings (SSSR count). The van der Waals surface area contributed by atoms with Crippen LogP contribution in [-0.4, -0.2) is 66.0 Å². The minimum Gasteiger partial charge on any atom is -0.370 e. The maximum absolute atomic E-state index is 6.10. The van der Waals surface area contributed by atoms with Crippen LogP contribution in [0.3, 0.4) is 0 Å². The number of nitrogens with two attached hydrogens (primary N) is 1. The highest BCUT2D eigenvalue weighted by Crippen LogP contribution is 2.17. The number of rotatable bonds is 3. The molecule has 0 aromatic heterocycles. The summed E-state index contributed by atoms with van der Waals surface area (Å²) in [6, 6.07) is 0.612.